The highest BCUT2D eigenvalue weighted by molar-refractivity contribution is 5.83. The lowest BCUT2D eigenvalue weighted by Crippen LogP contribution is -2.10. The minimum atomic E-state index is -0.216. The van der Waals surface area contributed by atoms with E-state index in [1.807, 2.05) is 60.7 Å². The van der Waals surface area contributed by atoms with Gasteiger partial charge in [0.05, 0.1) is 6.21 Å². The Balaban J connectivity index is 1.55. The van der Waals surface area contributed by atoms with E-state index in [-0.39, 0.29) is 5.56 Å². The molecule has 0 spiro atoms. The third-order valence-electron chi connectivity index (χ3n) is 4.43. The van der Waals surface area contributed by atoms with Crippen molar-refractivity contribution < 1.29 is 0 Å². The van der Waals surface area contributed by atoms with Gasteiger partial charge in [-0.2, -0.15) is 5.10 Å². The van der Waals surface area contributed by atoms with Gasteiger partial charge in [-0.3, -0.25) is 9.78 Å². The molecule has 148 valence electrons. The lowest BCUT2D eigenvalue weighted by Gasteiger charge is -2.25. The van der Waals surface area contributed by atoms with Crippen LogP contribution in [-0.4, -0.2) is 16.2 Å². The lowest BCUT2D eigenvalue weighted by atomic mass is 10.1. The summed E-state index contributed by atoms with van der Waals surface area (Å²) in [5.41, 5.74) is 7.30. The SMILES string of the molecule is Cc1cc(=O)[nH]c(N/N=C/c2ccc(N(c3ccccc3)c3ccccc3)cc2)n1. The molecule has 0 amide bonds. The van der Waals surface area contributed by atoms with Gasteiger partial charge in [-0.25, -0.2) is 10.4 Å². The van der Waals surface area contributed by atoms with Crippen LogP contribution in [0.5, 0.6) is 0 Å². The van der Waals surface area contributed by atoms with E-state index in [0.29, 0.717) is 11.6 Å². The van der Waals surface area contributed by atoms with Crippen molar-refractivity contribution in [2.24, 2.45) is 5.10 Å². The third-order valence-corrected chi connectivity index (χ3v) is 4.43. The Labute approximate surface area is 174 Å². The number of para-hydroxylation sites is 2. The van der Waals surface area contributed by atoms with Gasteiger partial charge in [0, 0.05) is 28.8 Å². The molecule has 4 aromatic rings. The zero-order valence-electron chi connectivity index (χ0n) is 16.5. The van der Waals surface area contributed by atoms with Crippen LogP contribution in [0, 0.1) is 6.92 Å². The van der Waals surface area contributed by atoms with Crippen molar-refractivity contribution >= 4 is 29.2 Å². The highest BCUT2D eigenvalue weighted by Gasteiger charge is 2.11. The second-order valence-electron chi connectivity index (χ2n) is 6.70. The van der Waals surface area contributed by atoms with Gasteiger partial charge in [-0.05, 0) is 48.9 Å². The Morgan fingerprint density at radius 1 is 0.867 bits per heavy atom. The lowest BCUT2D eigenvalue weighted by molar-refractivity contribution is 1.04. The first-order chi connectivity index (χ1) is 14.7. The van der Waals surface area contributed by atoms with E-state index in [2.05, 4.69) is 49.7 Å². The number of rotatable bonds is 6. The molecule has 0 aliphatic heterocycles. The van der Waals surface area contributed by atoms with Crippen LogP contribution in [-0.2, 0) is 0 Å². The summed E-state index contributed by atoms with van der Waals surface area (Å²) in [5, 5.41) is 4.16. The van der Waals surface area contributed by atoms with Crippen LogP contribution < -0.4 is 15.9 Å². The number of aromatic amines is 1. The predicted molar refractivity (Wildman–Crippen MR) is 122 cm³/mol. The van der Waals surface area contributed by atoms with Gasteiger partial charge in [-0.15, -0.1) is 0 Å². The largest absolute Gasteiger partial charge is 0.311 e. The highest BCUT2D eigenvalue weighted by Crippen LogP contribution is 2.33. The second kappa shape index (κ2) is 8.87. The number of aryl methyl sites for hydroxylation is 1. The van der Waals surface area contributed by atoms with Crippen molar-refractivity contribution in [3.8, 4) is 0 Å². The molecule has 0 saturated heterocycles. The predicted octanol–water partition coefficient (Wildman–Crippen LogP) is 4.99. The summed E-state index contributed by atoms with van der Waals surface area (Å²) >= 11 is 0. The van der Waals surface area contributed by atoms with Gasteiger partial charge >= 0.3 is 0 Å². The van der Waals surface area contributed by atoms with Crippen LogP contribution >= 0.6 is 0 Å². The number of benzene rings is 3. The van der Waals surface area contributed by atoms with E-state index in [1.165, 1.54) is 6.07 Å². The molecule has 4 rings (SSSR count). The maximum absolute atomic E-state index is 11.5. The van der Waals surface area contributed by atoms with E-state index >= 15 is 0 Å². The molecule has 30 heavy (non-hydrogen) atoms. The molecular weight excluding hydrogens is 374 g/mol. The normalized spacial score (nSPS) is 10.8. The second-order valence-corrected chi connectivity index (χ2v) is 6.70. The van der Waals surface area contributed by atoms with Gasteiger partial charge in [0.25, 0.3) is 5.56 Å². The van der Waals surface area contributed by atoms with Crippen molar-refractivity contribution in [2.75, 3.05) is 10.3 Å². The van der Waals surface area contributed by atoms with Crippen LogP contribution in [0.4, 0.5) is 23.0 Å². The number of nitrogens with zero attached hydrogens (tertiary/aromatic N) is 3. The van der Waals surface area contributed by atoms with Crippen molar-refractivity contribution in [1.29, 1.82) is 0 Å². The maximum atomic E-state index is 11.5. The number of nitrogens with one attached hydrogen (secondary N) is 2. The Morgan fingerprint density at radius 3 is 2.00 bits per heavy atom. The van der Waals surface area contributed by atoms with Crippen LogP contribution in [0.15, 0.2) is 101 Å². The van der Waals surface area contributed by atoms with E-state index < -0.39 is 0 Å². The summed E-state index contributed by atoms with van der Waals surface area (Å²) < 4.78 is 0. The molecule has 0 unspecified atom stereocenters. The van der Waals surface area contributed by atoms with Crippen molar-refractivity contribution in [3.05, 3.63) is 113 Å². The third kappa shape index (κ3) is 4.62. The number of aromatic nitrogens is 2. The standard InChI is InChI=1S/C24H21N5O/c1-18-16-23(30)27-24(26-18)28-25-17-19-12-14-22(15-13-19)29(20-8-4-2-5-9-20)21-10-6-3-7-11-21/h2-17H,1H3,(H2,26,27,28,30)/b25-17+. The zero-order valence-corrected chi connectivity index (χ0v) is 16.5. The molecule has 0 saturated carbocycles. The Kier molecular flexibility index (Phi) is 5.66. The number of hydrogen-bond acceptors (Lipinski definition) is 5. The van der Waals surface area contributed by atoms with E-state index in [1.54, 1.807) is 13.1 Å². The first kappa shape index (κ1) is 19.1. The van der Waals surface area contributed by atoms with Crippen molar-refractivity contribution in [2.45, 2.75) is 6.92 Å². The van der Waals surface area contributed by atoms with Crippen molar-refractivity contribution in [3.63, 3.8) is 0 Å². The van der Waals surface area contributed by atoms with Gasteiger partial charge in [-0.1, -0.05) is 48.5 Å². The molecule has 0 aliphatic rings. The minimum Gasteiger partial charge on any atom is -0.311 e. The monoisotopic (exact) mass is 395 g/mol. The van der Waals surface area contributed by atoms with Crippen LogP contribution in [0.1, 0.15) is 11.3 Å². The van der Waals surface area contributed by atoms with E-state index in [0.717, 1.165) is 22.6 Å². The molecule has 0 atom stereocenters. The fourth-order valence-electron chi connectivity index (χ4n) is 3.11. The molecule has 6 nitrogen and oxygen atoms in total. The van der Waals surface area contributed by atoms with Gasteiger partial charge in [0.2, 0.25) is 5.95 Å². The average Bonchev–Trinajstić information content (AvgIpc) is 2.76. The fourth-order valence-corrected chi connectivity index (χ4v) is 3.11. The maximum Gasteiger partial charge on any atom is 0.252 e. The molecule has 3 aromatic carbocycles. The molecule has 1 aromatic heterocycles. The number of H-pyrrole nitrogens is 1. The summed E-state index contributed by atoms with van der Waals surface area (Å²) in [6.07, 6.45) is 1.68. The van der Waals surface area contributed by atoms with Crippen LogP contribution in [0.2, 0.25) is 0 Å². The summed E-state index contributed by atoms with van der Waals surface area (Å²) in [5.74, 6) is 0.312. The summed E-state index contributed by atoms with van der Waals surface area (Å²) in [6.45, 7) is 1.76. The molecule has 0 bridgehead atoms. The van der Waals surface area contributed by atoms with Gasteiger partial charge in [0.15, 0.2) is 0 Å². The van der Waals surface area contributed by atoms with Gasteiger partial charge < -0.3 is 4.90 Å². The van der Waals surface area contributed by atoms with E-state index in [9.17, 15) is 4.79 Å². The molecule has 1 heterocycles. The first-order valence-corrected chi connectivity index (χ1v) is 9.56. The fraction of sp³-hybridized carbons (Fsp3) is 0.0417. The van der Waals surface area contributed by atoms with E-state index in [4.69, 9.17) is 0 Å². The molecule has 2 N–H and O–H groups in total. The Bertz CT molecular complexity index is 1150. The number of hydrazone groups is 1. The van der Waals surface area contributed by atoms with Gasteiger partial charge in [0.1, 0.15) is 0 Å². The number of anilines is 4. The first-order valence-electron chi connectivity index (χ1n) is 9.56. The van der Waals surface area contributed by atoms with Crippen LogP contribution in [0.3, 0.4) is 0 Å². The Hall–Kier alpha value is -4.19. The van der Waals surface area contributed by atoms with Crippen molar-refractivity contribution in [1.82, 2.24) is 9.97 Å². The molecule has 0 aliphatic carbocycles. The topological polar surface area (TPSA) is 73.4 Å². The highest BCUT2D eigenvalue weighted by atomic mass is 16.1. The summed E-state index contributed by atoms with van der Waals surface area (Å²) in [4.78, 5) is 20.5. The molecule has 0 radical (unpaired) electrons. The smallest absolute Gasteiger partial charge is 0.252 e. The zero-order chi connectivity index (χ0) is 20.8. The van der Waals surface area contributed by atoms with Crippen LogP contribution in [0.25, 0.3) is 0 Å². The quantitative estimate of drug-likeness (QED) is 0.356. The molecule has 0 fully saturated rings. The minimum absolute atomic E-state index is 0.216. The Morgan fingerprint density at radius 2 is 1.43 bits per heavy atom. The molecule has 6 heteroatoms. The summed E-state index contributed by atoms with van der Waals surface area (Å²) in [7, 11) is 0. The summed E-state index contributed by atoms with van der Waals surface area (Å²) in [6, 6.07) is 30.0. The molecular formula is C24H21N5O. The average molecular weight is 395 g/mol. The number of hydrogen-bond donors (Lipinski definition) is 2.